The van der Waals surface area contributed by atoms with Crippen molar-refractivity contribution in [2.45, 2.75) is 34.2 Å². The summed E-state index contributed by atoms with van der Waals surface area (Å²) in [6.45, 7) is 8.07. The number of ether oxygens (including phenoxy) is 1. The lowest BCUT2D eigenvalue weighted by Crippen LogP contribution is -2.23. The number of esters is 1. The van der Waals surface area contributed by atoms with Crippen molar-refractivity contribution >= 4 is 23.2 Å². The maximum absolute atomic E-state index is 12.3. The predicted octanol–water partition coefficient (Wildman–Crippen LogP) is 3.11. The molecule has 22 heavy (non-hydrogen) atoms. The summed E-state index contributed by atoms with van der Waals surface area (Å²) >= 11 is 1.61. The van der Waals surface area contributed by atoms with E-state index in [1.165, 1.54) is 0 Å². The lowest BCUT2D eigenvalue weighted by molar-refractivity contribution is 0.0525. The molecule has 0 aliphatic heterocycles. The van der Waals surface area contributed by atoms with Crippen LogP contribution in [0.4, 0.5) is 0 Å². The molecular formula is C16H20N2O3S. The molecule has 5 nitrogen and oxygen atoms in total. The molecule has 0 bridgehead atoms. The van der Waals surface area contributed by atoms with Gasteiger partial charge in [-0.25, -0.2) is 4.79 Å². The van der Waals surface area contributed by atoms with Crippen LogP contribution in [-0.2, 0) is 11.3 Å². The fourth-order valence-electron chi connectivity index (χ4n) is 2.32. The van der Waals surface area contributed by atoms with Crippen LogP contribution >= 0.6 is 11.3 Å². The van der Waals surface area contributed by atoms with Gasteiger partial charge in [0.2, 0.25) is 0 Å². The Labute approximate surface area is 133 Å². The van der Waals surface area contributed by atoms with Crippen LogP contribution in [0.3, 0.4) is 0 Å². The van der Waals surface area contributed by atoms with Crippen molar-refractivity contribution in [1.29, 1.82) is 0 Å². The van der Waals surface area contributed by atoms with Crippen molar-refractivity contribution in [1.82, 2.24) is 10.3 Å². The van der Waals surface area contributed by atoms with Crippen LogP contribution in [0.1, 0.15) is 49.5 Å². The molecule has 0 saturated heterocycles. The minimum absolute atomic E-state index is 0.219. The smallest absolute Gasteiger partial charge is 0.340 e. The summed E-state index contributed by atoms with van der Waals surface area (Å²) in [5, 5.41) is 4.88. The first-order valence-electron chi connectivity index (χ1n) is 7.13. The molecule has 0 aliphatic rings. The summed E-state index contributed by atoms with van der Waals surface area (Å²) < 4.78 is 5.03. The van der Waals surface area contributed by atoms with Crippen molar-refractivity contribution in [3.05, 3.63) is 44.4 Å². The molecule has 0 saturated carbocycles. The Balaban J connectivity index is 2.15. The van der Waals surface area contributed by atoms with Crippen molar-refractivity contribution in [2.24, 2.45) is 0 Å². The first-order valence-corrected chi connectivity index (χ1v) is 8.01. The highest BCUT2D eigenvalue weighted by Gasteiger charge is 2.22. The third-order valence-corrected chi connectivity index (χ3v) is 4.54. The van der Waals surface area contributed by atoms with Gasteiger partial charge >= 0.3 is 5.97 Å². The Hall–Kier alpha value is -2.08. The Morgan fingerprint density at radius 2 is 2.05 bits per heavy atom. The number of carbonyl (C=O) groups is 2. The zero-order valence-corrected chi connectivity index (χ0v) is 14.0. The number of hydrogen-bond acceptors (Lipinski definition) is 4. The Morgan fingerprint density at radius 1 is 1.32 bits per heavy atom. The first-order chi connectivity index (χ1) is 10.5. The molecule has 2 aromatic heterocycles. The number of rotatable bonds is 5. The van der Waals surface area contributed by atoms with E-state index >= 15 is 0 Å². The van der Waals surface area contributed by atoms with E-state index in [2.05, 4.69) is 10.3 Å². The Kier molecular flexibility index (Phi) is 5.03. The third kappa shape index (κ3) is 3.22. The number of aromatic amines is 1. The van der Waals surface area contributed by atoms with E-state index < -0.39 is 5.97 Å². The van der Waals surface area contributed by atoms with E-state index in [9.17, 15) is 9.59 Å². The molecular weight excluding hydrogens is 300 g/mol. The lowest BCUT2D eigenvalue weighted by Gasteiger charge is -2.05. The molecule has 2 N–H and O–H groups in total. The second kappa shape index (κ2) is 6.79. The summed E-state index contributed by atoms with van der Waals surface area (Å²) in [6.07, 6.45) is 0. The normalized spacial score (nSPS) is 10.5. The van der Waals surface area contributed by atoms with Crippen LogP contribution in [0, 0.1) is 20.8 Å². The highest BCUT2D eigenvalue weighted by Crippen LogP contribution is 2.20. The Morgan fingerprint density at radius 3 is 2.64 bits per heavy atom. The monoisotopic (exact) mass is 320 g/mol. The molecule has 0 aliphatic carbocycles. The molecule has 2 aromatic rings. The zero-order chi connectivity index (χ0) is 16.3. The van der Waals surface area contributed by atoms with Gasteiger partial charge in [-0.2, -0.15) is 0 Å². The van der Waals surface area contributed by atoms with E-state index in [1.54, 1.807) is 32.1 Å². The SMILES string of the molecule is CCOC(=O)c1c(C)[nH]c(C(=O)NCc2sccc2C)c1C. The van der Waals surface area contributed by atoms with E-state index in [-0.39, 0.29) is 5.91 Å². The van der Waals surface area contributed by atoms with Gasteiger partial charge in [0.1, 0.15) is 5.69 Å². The maximum atomic E-state index is 12.3. The Bertz CT molecular complexity index is 700. The van der Waals surface area contributed by atoms with Gasteiger partial charge in [-0.3, -0.25) is 4.79 Å². The number of aromatic nitrogens is 1. The van der Waals surface area contributed by atoms with Gasteiger partial charge < -0.3 is 15.0 Å². The number of amides is 1. The van der Waals surface area contributed by atoms with Crippen LogP contribution in [-0.4, -0.2) is 23.5 Å². The number of carbonyl (C=O) groups excluding carboxylic acids is 2. The van der Waals surface area contributed by atoms with Crippen molar-refractivity contribution < 1.29 is 14.3 Å². The molecule has 0 unspecified atom stereocenters. The molecule has 0 atom stereocenters. The third-order valence-electron chi connectivity index (χ3n) is 3.52. The fraction of sp³-hybridized carbons (Fsp3) is 0.375. The lowest BCUT2D eigenvalue weighted by atomic mass is 10.1. The summed E-state index contributed by atoms with van der Waals surface area (Å²) in [4.78, 5) is 28.4. The highest BCUT2D eigenvalue weighted by atomic mass is 32.1. The molecule has 1 amide bonds. The minimum Gasteiger partial charge on any atom is -0.462 e. The molecule has 6 heteroatoms. The van der Waals surface area contributed by atoms with Gasteiger partial charge in [-0.15, -0.1) is 11.3 Å². The van der Waals surface area contributed by atoms with Gasteiger partial charge in [-0.1, -0.05) is 0 Å². The summed E-state index contributed by atoms with van der Waals surface area (Å²) in [5.41, 5.74) is 3.29. The topological polar surface area (TPSA) is 71.2 Å². The van der Waals surface area contributed by atoms with E-state index in [1.807, 2.05) is 18.4 Å². The van der Waals surface area contributed by atoms with Crippen LogP contribution in [0.2, 0.25) is 0 Å². The average Bonchev–Trinajstić information content (AvgIpc) is 3.00. The molecule has 118 valence electrons. The molecule has 0 spiro atoms. The summed E-state index contributed by atoms with van der Waals surface area (Å²) in [5.74, 6) is -0.620. The van der Waals surface area contributed by atoms with Crippen LogP contribution in [0.5, 0.6) is 0 Å². The maximum Gasteiger partial charge on any atom is 0.340 e. The number of hydrogen-bond donors (Lipinski definition) is 2. The van der Waals surface area contributed by atoms with Gasteiger partial charge in [0.25, 0.3) is 5.91 Å². The van der Waals surface area contributed by atoms with Gasteiger partial charge in [-0.05, 0) is 50.3 Å². The molecule has 0 aromatic carbocycles. The van der Waals surface area contributed by atoms with Crippen LogP contribution in [0.15, 0.2) is 11.4 Å². The predicted molar refractivity (Wildman–Crippen MR) is 86.4 cm³/mol. The average molecular weight is 320 g/mol. The fourth-order valence-corrected chi connectivity index (χ4v) is 3.17. The van der Waals surface area contributed by atoms with Crippen LogP contribution < -0.4 is 5.32 Å². The van der Waals surface area contributed by atoms with E-state index in [0.717, 1.165) is 10.4 Å². The molecule has 2 heterocycles. The quantitative estimate of drug-likeness (QED) is 0.832. The van der Waals surface area contributed by atoms with Crippen molar-refractivity contribution in [2.75, 3.05) is 6.61 Å². The van der Waals surface area contributed by atoms with Gasteiger partial charge in [0.05, 0.1) is 18.7 Å². The van der Waals surface area contributed by atoms with E-state index in [4.69, 9.17) is 4.74 Å². The minimum atomic E-state index is -0.401. The van der Waals surface area contributed by atoms with Crippen molar-refractivity contribution in [3.8, 4) is 0 Å². The van der Waals surface area contributed by atoms with Crippen LogP contribution in [0.25, 0.3) is 0 Å². The largest absolute Gasteiger partial charge is 0.462 e. The number of nitrogens with one attached hydrogen (secondary N) is 2. The number of aryl methyl sites for hydroxylation is 2. The van der Waals surface area contributed by atoms with Gasteiger partial charge in [0.15, 0.2) is 0 Å². The van der Waals surface area contributed by atoms with Gasteiger partial charge in [0, 0.05) is 10.6 Å². The summed E-state index contributed by atoms with van der Waals surface area (Å²) in [7, 11) is 0. The second-order valence-electron chi connectivity index (χ2n) is 5.05. The zero-order valence-electron chi connectivity index (χ0n) is 13.2. The number of H-pyrrole nitrogens is 1. The molecule has 0 radical (unpaired) electrons. The van der Waals surface area contributed by atoms with E-state index in [0.29, 0.717) is 35.7 Å². The van der Waals surface area contributed by atoms with Crippen molar-refractivity contribution in [3.63, 3.8) is 0 Å². The number of thiophene rings is 1. The first kappa shape index (κ1) is 16.3. The highest BCUT2D eigenvalue weighted by molar-refractivity contribution is 7.10. The summed E-state index contributed by atoms with van der Waals surface area (Å²) in [6, 6.07) is 2.02. The second-order valence-corrected chi connectivity index (χ2v) is 6.06. The molecule has 0 fully saturated rings. The standard InChI is InChI=1S/C16H20N2O3S/c1-5-21-16(20)13-10(3)14(18-11(13)4)15(19)17-8-12-9(2)6-7-22-12/h6-7,18H,5,8H2,1-4H3,(H,17,19). The molecule has 2 rings (SSSR count).